The second-order valence-electron chi connectivity index (χ2n) is 6.28. The van der Waals surface area contributed by atoms with E-state index < -0.39 is 10.0 Å². The highest BCUT2D eigenvalue weighted by Crippen LogP contribution is 2.24. The van der Waals surface area contributed by atoms with E-state index in [-0.39, 0.29) is 4.90 Å². The Bertz CT molecular complexity index is 666. The largest absolute Gasteiger partial charge is 0.481 e. The van der Waals surface area contributed by atoms with Crippen molar-refractivity contribution >= 4 is 10.0 Å². The van der Waals surface area contributed by atoms with E-state index in [4.69, 9.17) is 9.47 Å². The van der Waals surface area contributed by atoms with Gasteiger partial charge >= 0.3 is 0 Å². The summed E-state index contributed by atoms with van der Waals surface area (Å²) in [6.07, 6.45) is 3.47. The van der Waals surface area contributed by atoms with Crippen LogP contribution in [-0.4, -0.2) is 75.2 Å². The lowest BCUT2D eigenvalue weighted by Crippen LogP contribution is -2.53. The lowest BCUT2D eigenvalue weighted by Gasteiger charge is -2.40. The molecule has 24 heavy (non-hydrogen) atoms. The van der Waals surface area contributed by atoms with Gasteiger partial charge in [0.1, 0.15) is 4.90 Å². The summed E-state index contributed by atoms with van der Waals surface area (Å²) in [4.78, 5) is 6.72. The molecule has 0 amide bonds. The second kappa shape index (κ2) is 7.35. The highest BCUT2D eigenvalue weighted by atomic mass is 32.2. The monoisotopic (exact) mass is 355 g/mol. The van der Waals surface area contributed by atoms with Gasteiger partial charge < -0.3 is 9.47 Å². The Morgan fingerprint density at radius 3 is 2.46 bits per heavy atom. The van der Waals surface area contributed by atoms with Crippen molar-refractivity contribution in [2.45, 2.75) is 30.7 Å². The number of hydrogen-bond donors (Lipinski definition) is 0. The molecule has 0 saturated carbocycles. The van der Waals surface area contributed by atoms with Crippen LogP contribution in [0.3, 0.4) is 0 Å². The van der Waals surface area contributed by atoms with Gasteiger partial charge in [-0.2, -0.15) is 4.31 Å². The van der Waals surface area contributed by atoms with Crippen LogP contribution in [0.1, 0.15) is 18.4 Å². The Morgan fingerprint density at radius 1 is 1.21 bits per heavy atom. The average molecular weight is 355 g/mol. The number of aromatic nitrogens is 1. The Morgan fingerprint density at radius 2 is 1.88 bits per heavy atom. The number of sulfonamides is 1. The summed E-state index contributed by atoms with van der Waals surface area (Å²) >= 11 is 0. The van der Waals surface area contributed by atoms with E-state index in [0.29, 0.717) is 30.6 Å². The first kappa shape index (κ1) is 17.6. The standard InChI is InChI=1S/C16H25N3O4S/c1-13-11-16(22-2)17-12-15(13)24(20,21)19-7-5-18(6-8-19)14-3-9-23-10-4-14/h11-12,14H,3-10H2,1-2H3. The number of pyridine rings is 1. The van der Waals surface area contributed by atoms with Crippen LogP contribution in [0.15, 0.2) is 17.2 Å². The first-order valence-electron chi connectivity index (χ1n) is 8.35. The third-order valence-corrected chi connectivity index (χ3v) is 6.87. The van der Waals surface area contributed by atoms with Gasteiger partial charge in [0.05, 0.1) is 13.3 Å². The molecule has 7 nitrogen and oxygen atoms in total. The molecule has 0 N–H and O–H groups in total. The Balaban J connectivity index is 1.68. The van der Waals surface area contributed by atoms with E-state index >= 15 is 0 Å². The number of rotatable bonds is 4. The van der Waals surface area contributed by atoms with Crippen LogP contribution in [0.25, 0.3) is 0 Å². The van der Waals surface area contributed by atoms with Gasteiger partial charge in [-0.25, -0.2) is 13.4 Å². The molecular weight excluding hydrogens is 330 g/mol. The molecule has 0 aromatic carbocycles. The molecule has 0 aliphatic carbocycles. The summed E-state index contributed by atoms with van der Waals surface area (Å²) in [5.74, 6) is 0.427. The third-order valence-electron chi connectivity index (χ3n) is 4.85. The van der Waals surface area contributed by atoms with Crippen molar-refractivity contribution in [1.82, 2.24) is 14.2 Å². The molecule has 8 heteroatoms. The van der Waals surface area contributed by atoms with Crippen LogP contribution >= 0.6 is 0 Å². The van der Waals surface area contributed by atoms with Gasteiger partial charge in [0.25, 0.3) is 0 Å². The van der Waals surface area contributed by atoms with Gasteiger partial charge in [0, 0.05) is 51.5 Å². The molecule has 2 aliphatic rings. The van der Waals surface area contributed by atoms with Crippen LogP contribution in [-0.2, 0) is 14.8 Å². The molecule has 1 aromatic rings. The predicted molar refractivity (Wildman–Crippen MR) is 89.7 cm³/mol. The minimum absolute atomic E-state index is 0.266. The molecule has 2 saturated heterocycles. The zero-order valence-electron chi connectivity index (χ0n) is 14.3. The SMILES string of the molecule is COc1cc(C)c(S(=O)(=O)N2CCN(C3CCOCC3)CC2)cn1. The molecule has 0 bridgehead atoms. The van der Waals surface area contributed by atoms with Crippen LogP contribution in [0.2, 0.25) is 0 Å². The van der Waals surface area contributed by atoms with Gasteiger partial charge in [-0.3, -0.25) is 4.90 Å². The first-order valence-corrected chi connectivity index (χ1v) is 9.79. The molecule has 0 atom stereocenters. The molecule has 3 rings (SSSR count). The van der Waals surface area contributed by atoms with Crippen LogP contribution in [0.4, 0.5) is 0 Å². The van der Waals surface area contributed by atoms with E-state index in [1.165, 1.54) is 13.3 Å². The van der Waals surface area contributed by atoms with E-state index in [2.05, 4.69) is 9.88 Å². The van der Waals surface area contributed by atoms with Crippen LogP contribution in [0.5, 0.6) is 5.88 Å². The number of nitrogens with zero attached hydrogens (tertiary/aromatic N) is 3. The van der Waals surface area contributed by atoms with E-state index in [1.54, 1.807) is 17.3 Å². The van der Waals surface area contributed by atoms with Crippen molar-refractivity contribution in [3.05, 3.63) is 17.8 Å². The fourth-order valence-electron chi connectivity index (χ4n) is 3.40. The molecule has 1 aromatic heterocycles. The average Bonchev–Trinajstić information content (AvgIpc) is 2.62. The lowest BCUT2D eigenvalue weighted by molar-refractivity contribution is 0.0229. The number of hydrogen-bond acceptors (Lipinski definition) is 6. The summed E-state index contributed by atoms with van der Waals surface area (Å²) in [6.45, 7) is 5.96. The molecular formula is C16H25N3O4S. The lowest BCUT2D eigenvalue weighted by atomic mass is 10.1. The Kier molecular flexibility index (Phi) is 5.39. The van der Waals surface area contributed by atoms with E-state index in [1.807, 2.05) is 0 Å². The fourth-order valence-corrected chi connectivity index (χ4v) is 4.97. The van der Waals surface area contributed by atoms with Gasteiger partial charge in [-0.1, -0.05) is 0 Å². The van der Waals surface area contributed by atoms with Crippen LogP contribution in [0, 0.1) is 6.92 Å². The zero-order chi connectivity index (χ0) is 17.2. The maximum atomic E-state index is 12.9. The molecule has 3 heterocycles. The van der Waals surface area contributed by atoms with Crippen LogP contribution < -0.4 is 4.74 Å². The number of ether oxygens (including phenoxy) is 2. The topological polar surface area (TPSA) is 72.0 Å². The van der Waals surface area contributed by atoms with E-state index in [9.17, 15) is 8.42 Å². The summed E-state index contributed by atoms with van der Waals surface area (Å²) in [5.41, 5.74) is 0.661. The number of aryl methyl sites for hydroxylation is 1. The molecule has 0 spiro atoms. The molecule has 2 aliphatic heterocycles. The molecule has 0 radical (unpaired) electrons. The van der Waals surface area contributed by atoms with Crippen molar-refractivity contribution in [1.29, 1.82) is 0 Å². The normalized spacial score (nSPS) is 21.8. The molecule has 134 valence electrons. The summed E-state index contributed by atoms with van der Waals surface area (Å²) in [6, 6.07) is 2.18. The minimum atomic E-state index is -3.51. The van der Waals surface area contributed by atoms with Gasteiger partial charge in [-0.15, -0.1) is 0 Å². The summed E-state index contributed by atoms with van der Waals surface area (Å²) < 4.78 is 37.8. The highest BCUT2D eigenvalue weighted by molar-refractivity contribution is 7.89. The third kappa shape index (κ3) is 3.56. The van der Waals surface area contributed by atoms with Crippen molar-refractivity contribution in [2.75, 3.05) is 46.5 Å². The van der Waals surface area contributed by atoms with Gasteiger partial charge in [-0.05, 0) is 25.3 Å². The Hall–Kier alpha value is -1.22. The maximum Gasteiger partial charge on any atom is 0.244 e. The fraction of sp³-hybridized carbons (Fsp3) is 0.688. The van der Waals surface area contributed by atoms with Crippen molar-refractivity contribution in [3.63, 3.8) is 0 Å². The summed E-state index contributed by atoms with van der Waals surface area (Å²) in [5, 5.41) is 0. The minimum Gasteiger partial charge on any atom is -0.481 e. The quantitative estimate of drug-likeness (QED) is 0.799. The van der Waals surface area contributed by atoms with Crippen molar-refractivity contribution in [2.24, 2.45) is 0 Å². The van der Waals surface area contributed by atoms with Gasteiger partial charge in [0.15, 0.2) is 0 Å². The van der Waals surface area contributed by atoms with Crippen molar-refractivity contribution in [3.8, 4) is 5.88 Å². The number of piperazine rings is 1. The number of methoxy groups -OCH3 is 1. The summed E-state index contributed by atoms with van der Waals surface area (Å²) in [7, 11) is -1.99. The maximum absolute atomic E-state index is 12.9. The first-order chi connectivity index (χ1) is 11.5. The van der Waals surface area contributed by atoms with E-state index in [0.717, 1.165) is 39.1 Å². The van der Waals surface area contributed by atoms with Gasteiger partial charge in [0.2, 0.25) is 15.9 Å². The smallest absolute Gasteiger partial charge is 0.244 e. The molecule has 2 fully saturated rings. The Labute approximate surface area is 143 Å². The second-order valence-corrected chi connectivity index (χ2v) is 8.18. The van der Waals surface area contributed by atoms with Crippen molar-refractivity contribution < 1.29 is 17.9 Å². The zero-order valence-corrected chi connectivity index (χ0v) is 15.1. The molecule has 0 unspecified atom stereocenters. The predicted octanol–water partition coefficient (Wildman–Crippen LogP) is 0.884. The highest BCUT2D eigenvalue weighted by Gasteiger charge is 2.32.